The molecule has 5 heteroatoms. The predicted octanol–water partition coefficient (Wildman–Crippen LogP) is 2.44. The van der Waals surface area contributed by atoms with Crippen LogP contribution in [0.4, 0.5) is 4.39 Å². The first-order chi connectivity index (χ1) is 9.43. The number of hydrogen-bond acceptors (Lipinski definition) is 2. The Balaban J connectivity index is 1.94. The van der Waals surface area contributed by atoms with Crippen LogP contribution < -0.4 is 5.32 Å². The second-order valence-electron chi connectivity index (χ2n) is 5.45. The van der Waals surface area contributed by atoms with E-state index in [-0.39, 0.29) is 24.1 Å². The normalized spacial score (nSPS) is 17.9. The van der Waals surface area contributed by atoms with Gasteiger partial charge in [-0.3, -0.25) is 4.79 Å². The van der Waals surface area contributed by atoms with Crippen LogP contribution in [-0.4, -0.2) is 22.5 Å². The molecule has 2 rings (SSSR count). The highest BCUT2D eigenvalue weighted by atomic mass is 19.1. The van der Waals surface area contributed by atoms with Crippen molar-refractivity contribution in [3.05, 3.63) is 35.6 Å². The zero-order valence-corrected chi connectivity index (χ0v) is 11.4. The van der Waals surface area contributed by atoms with E-state index in [1.807, 2.05) is 6.92 Å². The van der Waals surface area contributed by atoms with Gasteiger partial charge in [-0.15, -0.1) is 0 Å². The summed E-state index contributed by atoms with van der Waals surface area (Å²) in [4.78, 5) is 23.1. The summed E-state index contributed by atoms with van der Waals surface area (Å²) in [5.74, 6) is -1.64. The first kappa shape index (κ1) is 14.5. The molecule has 1 aromatic carbocycles. The third kappa shape index (κ3) is 2.98. The monoisotopic (exact) mass is 279 g/mol. The van der Waals surface area contributed by atoms with Gasteiger partial charge >= 0.3 is 5.97 Å². The molecule has 2 N–H and O–H groups in total. The second-order valence-corrected chi connectivity index (χ2v) is 5.45. The van der Waals surface area contributed by atoms with Crippen molar-refractivity contribution in [2.24, 2.45) is 0 Å². The molecule has 0 aliphatic heterocycles. The van der Waals surface area contributed by atoms with E-state index >= 15 is 0 Å². The summed E-state index contributed by atoms with van der Waals surface area (Å²) in [5.41, 5.74) is -0.209. The minimum atomic E-state index is -1.07. The van der Waals surface area contributed by atoms with Gasteiger partial charge in [0.25, 0.3) is 0 Å². The lowest BCUT2D eigenvalue weighted by atomic mass is 9.76. The van der Waals surface area contributed by atoms with Crippen LogP contribution in [0.15, 0.2) is 24.3 Å². The second kappa shape index (κ2) is 5.61. The molecule has 0 spiro atoms. The number of rotatable bonds is 5. The molecule has 0 saturated heterocycles. The van der Waals surface area contributed by atoms with E-state index in [0.717, 1.165) is 12.0 Å². The third-order valence-electron chi connectivity index (χ3n) is 3.93. The molecule has 1 unspecified atom stereocenters. The largest absolute Gasteiger partial charge is 0.480 e. The molecular weight excluding hydrogens is 261 g/mol. The van der Waals surface area contributed by atoms with Crippen molar-refractivity contribution >= 4 is 11.9 Å². The smallest absolute Gasteiger partial charge is 0.329 e. The van der Waals surface area contributed by atoms with Crippen LogP contribution in [-0.2, 0) is 9.59 Å². The van der Waals surface area contributed by atoms with Gasteiger partial charge in [0, 0.05) is 6.42 Å². The Morgan fingerprint density at radius 2 is 1.95 bits per heavy atom. The van der Waals surface area contributed by atoms with Crippen molar-refractivity contribution in [1.82, 2.24) is 5.32 Å². The average Bonchev–Trinajstić information content (AvgIpc) is 2.34. The number of carbonyl (C=O) groups is 2. The van der Waals surface area contributed by atoms with Crippen LogP contribution in [0, 0.1) is 5.82 Å². The molecule has 0 heterocycles. The van der Waals surface area contributed by atoms with E-state index in [4.69, 9.17) is 5.11 Å². The number of halogens is 1. The Labute approximate surface area is 117 Å². The number of carbonyl (C=O) groups excluding carboxylic acids is 1. The molecular formula is C15H18FNO3. The Hall–Kier alpha value is -1.91. The van der Waals surface area contributed by atoms with Gasteiger partial charge in [0.2, 0.25) is 5.91 Å². The maximum absolute atomic E-state index is 12.8. The molecule has 1 fully saturated rings. The zero-order valence-electron chi connectivity index (χ0n) is 11.4. The molecule has 1 saturated carbocycles. The number of hydrogen-bond donors (Lipinski definition) is 2. The topological polar surface area (TPSA) is 66.4 Å². The van der Waals surface area contributed by atoms with E-state index in [1.165, 1.54) is 12.1 Å². The summed E-state index contributed by atoms with van der Waals surface area (Å²) in [6.07, 6.45) is 1.98. The van der Waals surface area contributed by atoms with Gasteiger partial charge in [0.1, 0.15) is 11.4 Å². The SMILES string of the molecule is CC(CC(=O)NC1(C(=O)O)CCC1)c1ccc(F)cc1. The number of benzene rings is 1. The highest BCUT2D eigenvalue weighted by molar-refractivity contribution is 5.88. The summed E-state index contributed by atoms with van der Waals surface area (Å²) in [6.45, 7) is 1.86. The van der Waals surface area contributed by atoms with E-state index in [2.05, 4.69) is 5.32 Å². The lowest BCUT2D eigenvalue weighted by molar-refractivity contribution is -0.151. The van der Waals surface area contributed by atoms with Crippen molar-refractivity contribution in [2.75, 3.05) is 0 Å². The van der Waals surface area contributed by atoms with Crippen LogP contribution >= 0.6 is 0 Å². The van der Waals surface area contributed by atoms with Crippen molar-refractivity contribution in [3.8, 4) is 0 Å². The molecule has 1 aromatic rings. The first-order valence-corrected chi connectivity index (χ1v) is 6.73. The van der Waals surface area contributed by atoms with Gasteiger partial charge in [0.05, 0.1) is 0 Å². The van der Waals surface area contributed by atoms with Crippen LogP contribution in [0.2, 0.25) is 0 Å². The van der Waals surface area contributed by atoms with E-state index in [9.17, 15) is 14.0 Å². The number of aliphatic carboxylic acids is 1. The first-order valence-electron chi connectivity index (χ1n) is 6.73. The van der Waals surface area contributed by atoms with Gasteiger partial charge in [-0.05, 0) is 42.9 Å². The van der Waals surface area contributed by atoms with E-state index < -0.39 is 11.5 Å². The van der Waals surface area contributed by atoms with Gasteiger partial charge in [-0.25, -0.2) is 9.18 Å². The average molecular weight is 279 g/mol. The van der Waals surface area contributed by atoms with Crippen LogP contribution in [0.3, 0.4) is 0 Å². The van der Waals surface area contributed by atoms with E-state index in [1.54, 1.807) is 12.1 Å². The molecule has 0 bridgehead atoms. The lowest BCUT2D eigenvalue weighted by Gasteiger charge is -2.38. The molecule has 108 valence electrons. The van der Waals surface area contributed by atoms with Crippen molar-refractivity contribution < 1.29 is 19.1 Å². The molecule has 1 amide bonds. The summed E-state index contributed by atoms with van der Waals surface area (Å²) < 4.78 is 12.8. The third-order valence-corrected chi connectivity index (χ3v) is 3.93. The molecule has 0 radical (unpaired) electrons. The fourth-order valence-electron chi connectivity index (χ4n) is 2.43. The molecule has 1 aliphatic carbocycles. The number of carboxylic acids is 1. The minimum absolute atomic E-state index is 0.0819. The Kier molecular flexibility index (Phi) is 4.06. The maximum Gasteiger partial charge on any atom is 0.329 e. The number of carboxylic acid groups (broad SMARTS) is 1. The van der Waals surface area contributed by atoms with Crippen molar-refractivity contribution in [3.63, 3.8) is 0 Å². The standard InChI is InChI=1S/C15H18FNO3/c1-10(11-3-5-12(16)6-4-11)9-13(18)17-15(14(19)20)7-2-8-15/h3-6,10H,2,7-9H2,1H3,(H,17,18)(H,19,20). The number of amides is 1. The van der Waals surface area contributed by atoms with Crippen LogP contribution in [0.1, 0.15) is 44.1 Å². The van der Waals surface area contributed by atoms with Crippen molar-refractivity contribution in [1.29, 1.82) is 0 Å². The molecule has 4 nitrogen and oxygen atoms in total. The molecule has 1 atom stereocenters. The fourth-order valence-corrected chi connectivity index (χ4v) is 2.43. The summed E-state index contributed by atoms with van der Waals surface area (Å²) in [5, 5.41) is 11.8. The highest BCUT2D eigenvalue weighted by Gasteiger charge is 2.45. The summed E-state index contributed by atoms with van der Waals surface area (Å²) >= 11 is 0. The molecule has 1 aliphatic rings. The molecule has 0 aromatic heterocycles. The summed E-state index contributed by atoms with van der Waals surface area (Å²) in [7, 11) is 0. The molecule has 20 heavy (non-hydrogen) atoms. The number of nitrogens with one attached hydrogen (secondary N) is 1. The Morgan fingerprint density at radius 3 is 2.40 bits per heavy atom. The van der Waals surface area contributed by atoms with Gasteiger partial charge in [-0.2, -0.15) is 0 Å². The van der Waals surface area contributed by atoms with E-state index in [0.29, 0.717) is 12.8 Å². The lowest BCUT2D eigenvalue weighted by Crippen LogP contribution is -2.59. The van der Waals surface area contributed by atoms with Crippen molar-refractivity contribution in [2.45, 2.75) is 44.1 Å². The van der Waals surface area contributed by atoms with Gasteiger partial charge in [-0.1, -0.05) is 19.1 Å². The predicted molar refractivity (Wildman–Crippen MR) is 71.8 cm³/mol. The fraction of sp³-hybridized carbons (Fsp3) is 0.467. The highest BCUT2D eigenvalue weighted by Crippen LogP contribution is 2.32. The minimum Gasteiger partial charge on any atom is -0.480 e. The van der Waals surface area contributed by atoms with Crippen LogP contribution in [0.25, 0.3) is 0 Å². The Bertz CT molecular complexity index is 508. The summed E-state index contributed by atoms with van der Waals surface area (Å²) in [6, 6.07) is 6.00. The quantitative estimate of drug-likeness (QED) is 0.870. The van der Waals surface area contributed by atoms with Crippen LogP contribution in [0.5, 0.6) is 0 Å². The maximum atomic E-state index is 12.8. The van der Waals surface area contributed by atoms with Gasteiger partial charge < -0.3 is 10.4 Å². The van der Waals surface area contributed by atoms with Gasteiger partial charge in [0.15, 0.2) is 0 Å². The zero-order chi connectivity index (χ0) is 14.8. The Morgan fingerprint density at radius 1 is 1.35 bits per heavy atom.